The summed E-state index contributed by atoms with van der Waals surface area (Å²) in [5, 5.41) is 5.00. The van der Waals surface area contributed by atoms with Gasteiger partial charge in [0.15, 0.2) is 10.9 Å². The number of anilines is 1. The molecule has 2 aromatic carbocycles. The molecule has 0 bridgehead atoms. The first-order valence-corrected chi connectivity index (χ1v) is 8.99. The van der Waals surface area contributed by atoms with Gasteiger partial charge in [-0.3, -0.25) is 10.1 Å². The van der Waals surface area contributed by atoms with E-state index in [1.807, 2.05) is 39.0 Å². The van der Waals surface area contributed by atoms with Gasteiger partial charge in [0, 0.05) is 16.0 Å². The van der Waals surface area contributed by atoms with E-state index < -0.39 is 0 Å². The molecule has 4 rings (SSSR count). The molecule has 0 fully saturated rings. The molecule has 0 saturated carbocycles. The van der Waals surface area contributed by atoms with Crippen molar-refractivity contribution in [3.63, 3.8) is 0 Å². The fourth-order valence-electron chi connectivity index (χ4n) is 3.11. The van der Waals surface area contributed by atoms with Gasteiger partial charge in [-0.2, -0.15) is 0 Å². The Hall–Kier alpha value is -2.37. The van der Waals surface area contributed by atoms with Gasteiger partial charge in [-0.1, -0.05) is 29.0 Å². The molecule has 0 spiro atoms. The number of rotatable bonds is 2. The van der Waals surface area contributed by atoms with E-state index in [-0.39, 0.29) is 5.91 Å². The third-order valence-corrected chi connectivity index (χ3v) is 5.32. The van der Waals surface area contributed by atoms with Crippen molar-refractivity contribution in [1.29, 1.82) is 0 Å². The molecular formula is C19H15ClN2O2S. The van der Waals surface area contributed by atoms with Crippen molar-refractivity contribution in [3.05, 3.63) is 57.8 Å². The number of furan rings is 1. The number of hydrogen-bond acceptors (Lipinski definition) is 4. The van der Waals surface area contributed by atoms with Crippen LogP contribution < -0.4 is 5.32 Å². The van der Waals surface area contributed by atoms with Crippen molar-refractivity contribution in [2.24, 2.45) is 0 Å². The van der Waals surface area contributed by atoms with Crippen molar-refractivity contribution in [2.75, 3.05) is 5.32 Å². The van der Waals surface area contributed by atoms with Crippen molar-refractivity contribution >= 4 is 55.2 Å². The first-order chi connectivity index (χ1) is 11.9. The Kier molecular flexibility index (Phi) is 3.78. The highest BCUT2D eigenvalue weighted by Gasteiger charge is 2.20. The van der Waals surface area contributed by atoms with Crippen LogP contribution in [0.4, 0.5) is 5.13 Å². The van der Waals surface area contributed by atoms with Crippen LogP contribution in [0.5, 0.6) is 0 Å². The molecule has 2 heterocycles. The van der Waals surface area contributed by atoms with Crippen molar-refractivity contribution in [3.8, 4) is 0 Å². The fourth-order valence-corrected chi connectivity index (χ4v) is 4.25. The molecule has 0 atom stereocenters. The number of aryl methyl sites for hydroxylation is 3. The summed E-state index contributed by atoms with van der Waals surface area (Å²) in [7, 11) is 0. The van der Waals surface area contributed by atoms with Gasteiger partial charge in [0.05, 0.1) is 10.2 Å². The fraction of sp³-hybridized carbons (Fsp3) is 0.158. The maximum atomic E-state index is 12.7. The third kappa shape index (κ3) is 2.79. The van der Waals surface area contributed by atoms with E-state index >= 15 is 0 Å². The molecule has 0 unspecified atom stereocenters. The topological polar surface area (TPSA) is 55.1 Å². The summed E-state index contributed by atoms with van der Waals surface area (Å²) in [6, 6.07) is 9.49. The van der Waals surface area contributed by atoms with Crippen LogP contribution >= 0.6 is 22.9 Å². The number of halogens is 1. The number of thiazole rings is 1. The average molecular weight is 371 g/mol. The van der Waals surface area contributed by atoms with E-state index in [1.54, 1.807) is 6.07 Å². The Bertz CT molecular complexity index is 1140. The lowest BCUT2D eigenvalue weighted by atomic mass is 10.0. The molecule has 0 saturated heterocycles. The largest absolute Gasteiger partial charge is 0.451 e. The summed E-state index contributed by atoms with van der Waals surface area (Å²) in [6.07, 6.45) is 0. The highest BCUT2D eigenvalue weighted by Crippen LogP contribution is 2.31. The summed E-state index contributed by atoms with van der Waals surface area (Å²) < 4.78 is 6.76. The Morgan fingerprint density at radius 1 is 1.20 bits per heavy atom. The zero-order chi connectivity index (χ0) is 17.7. The number of nitrogens with zero attached hydrogens (tertiary/aromatic N) is 1. The second kappa shape index (κ2) is 5.86. The lowest BCUT2D eigenvalue weighted by molar-refractivity contribution is 0.0998. The molecule has 0 radical (unpaired) electrons. The Morgan fingerprint density at radius 3 is 2.80 bits per heavy atom. The number of carbonyl (C=O) groups excluding carboxylic acids is 1. The maximum absolute atomic E-state index is 12.7. The Morgan fingerprint density at radius 2 is 2.00 bits per heavy atom. The molecule has 0 aliphatic heterocycles. The number of hydrogen-bond donors (Lipinski definition) is 1. The molecule has 126 valence electrons. The van der Waals surface area contributed by atoms with E-state index in [0.29, 0.717) is 15.9 Å². The second-order valence-electron chi connectivity index (χ2n) is 6.10. The first-order valence-electron chi connectivity index (χ1n) is 7.80. The normalized spacial score (nSPS) is 11.4. The monoisotopic (exact) mass is 370 g/mol. The van der Waals surface area contributed by atoms with E-state index in [1.165, 1.54) is 11.3 Å². The van der Waals surface area contributed by atoms with Gasteiger partial charge in [0.2, 0.25) is 0 Å². The minimum absolute atomic E-state index is 0.295. The third-order valence-electron chi connectivity index (χ3n) is 4.15. The molecule has 0 aliphatic carbocycles. The van der Waals surface area contributed by atoms with Gasteiger partial charge in [0.25, 0.3) is 5.91 Å². The predicted molar refractivity (Wildman–Crippen MR) is 103 cm³/mol. The van der Waals surface area contributed by atoms with Crippen LogP contribution in [0.3, 0.4) is 0 Å². The van der Waals surface area contributed by atoms with Crippen LogP contribution in [0, 0.1) is 20.8 Å². The molecule has 4 nitrogen and oxygen atoms in total. The summed E-state index contributed by atoms with van der Waals surface area (Å²) >= 11 is 7.38. The second-order valence-corrected chi connectivity index (χ2v) is 7.56. The molecule has 1 amide bonds. The van der Waals surface area contributed by atoms with E-state index in [9.17, 15) is 4.79 Å². The summed E-state index contributed by atoms with van der Waals surface area (Å²) in [4.78, 5) is 17.1. The quantitative estimate of drug-likeness (QED) is 0.479. The number of aromatic nitrogens is 1. The highest BCUT2D eigenvalue weighted by molar-refractivity contribution is 7.22. The van der Waals surface area contributed by atoms with Crippen LogP contribution in [-0.4, -0.2) is 10.9 Å². The van der Waals surface area contributed by atoms with Gasteiger partial charge in [-0.15, -0.1) is 0 Å². The number of fused-ring (bicyclic) bond motifs is 2. The van der Waals surface area contributed by atoms with Crippen molar-refractivity contribution in [2.45, 2.75) is 20.8 Å². The maximum Gasteiger partial charge on any atom is 0.293 e. The van der Waals surface area contributed by atoms with E-state index in [0.717, 1.165) is 37.9 Å². The van der Waals surface area contributed by atoms with Gasteiger partial charge in [0.1, 0.15) is 5.58 Å². The summed E-state index contributed by atoms with van der Waals surface area (Å²) in [6.45, 7) is 5.94. The van der Waals surface area contributed by atoms with E-state index in [4.69, 9.17) is 16.0 Å². The van der Waals surface area contributed by atoms with Crippen LogP contribution in [0.25, 0.3) is 21.2 Å². The minimum atomic E-state index is -0.295. The molecule has 2 aromatic heterocycles. The van der Waals surface area contributed by atoms with Crippen molar-refractivity contribution in [1.82, 2.24) is 4.98 Å². The van der Waals surface area contributed by atoms with E-state index in [2.05, 4.69) is 16.4 Å². The summed E-state index contributed by atoms with van der Waals surface area (Å²) in [5.41, 5.74) is 4.58. The molecule has 25 heavy (non-hydrogen) atoms. The minimum Gasteiger partial charge on any atom is -0.451 e. The van der Waals surface area contributed by atoms with Crippen LogP contribution in [-0.2, 0) is 0 Å². The zero-order valence-electron chi connectivity index (χ0n) is 13.9. The Labute approximate surface area is 153 Å². The number of amides is 1. The first kappa shape index (κ1) is 16.1. The van der Waals surface area contributed by atoms with Gasteiger partial charge >= 0.3 is 0 Å². The lowest BCUT2D eigenvalue weighted by Gasteiger charge is -1.99. The van der Waals surface area contributed by atoms with Crippen LogP contribution in [0.2, 0.25) is 5.02 Å². The number of carbonyl (C=O) groups is 1. The summed E-state index contributed by atoms with van der Waals surface area (Å²) in [5.74, 6) is 0.0249. The highest BCUT2D eigenvalue weighted by atomic mass is 35.5. The molecule has 6 heteroatoms. The SMILES string of the molecule is Cc1cc(C)c2c(C)c(C(=O)Nc3nc4ccc(Cl)cc4s3)oc2c1. The predicted octanol–water partition coefficient (Wildman–Crippen LogP) is 5.87. The zero-order valence-corrected chi connectivity index (χ0v) is 15.5. The molecular weight excluding hydrogens is 356 g/mol. The van der Waals surface area contributed by atoms with Gasteiger partial charge in [-0.25, -0.2) is 4.98 Å². The number of benzene rings is 2. The molecule has 0 aliphatic rings. The van der Waals surface area contributed by atoms with Gasteiger partial charge in [-0.05, 0) is 56.2 Å². The van der Waals surface area contributed by atoms with Crippen molar-refractivity contribution < 1.29 is 9.21 Å². The number of nitrogens with one attached hydrogen (secondary N) is 1. The molecule has 1 N–H and O–H groups in total. The average Bonchev–Trinajstić information content (AvgIpc) is 3.07. The van der Waals surface area contributed by atoms with Crippen LogP contribution in [0.1, 0.15) is 27.2 Å². The Balaban J connectivity index is 1.71. The lowest BCUT2D eigenvalue weighted by Crippen LogP contribution is -2.11. The molecule has 4 aromatic rings. The van der Waals surface area contributed by atoms with Gasteiger partial charge < -0.3 is 4.42 Å². The smallest absolute Gasteiger partial charge is 0.293 e. The standard InChI is InChI=1S/C19H15ClN2O2S/c1-9-6-10(2)16-11(3)17(24-14(16)7-9)18(23)22-19-21-13-5-4-12(20)8-15(13)25-19/h4-8H,1-3H3,(H,21,22,23). The van der Waals surface area contributed by atoms with Crippen LogP contribution in [0.15, 0.2) is 34.7 Å².